The fourth-order valence-electron chi connectivity index (χ4n) is 2.33. The van der Waals surface area contributed by atoms with Crippen molar-refractivity contribution in [2.75, 3.05) is 5.32 Å². The Labute approximate surface area is 164 Å². The average Bonchev–Trinajstić information content (AvgIpc) is 2.60. The summed E-state index contributed by atoms with van der Waals surface area (Å²) in [6.45, 7) is 3.29. The Hall–Kier alpha value is -2.87. The summed E-state index contributed by atoms with van der Waals surface area (Å²) >= 11 is 5.54. The van der Waals surface area contributed by atoms with Gasteiger partial charge in [0.1, 0.15) is 0 Å². The second kappa shape index (κ2) is 8.88. The summed E-state index contributed by atoms with van der Waals surface area (Å²) in [6.07, 6.45) is -4.84. The molecule has 2 rings (SSSR count). The number of hydrogen-bond acceptors (Lipinski definition) is 3. The van der Waals surface area contributed by atoms with Gasteiger partial charge < -0.3 is 5.32 Å². The van der Waals surface area contributed by atoms with Gasteiger partial charge in [0.2, 0.25) is 5.91 Å². The minimum absolute atomic E-state index is 0.0431. The average molecular weight is 412 g/mol. The van der Waals surface area contributed by atoms with Gasteiger partial charge in [0.25, 0.3) is 5.91 Å². The van der Waals surface area contributed by atoms with Crippen molar-refractivity contribution in [3.63, 3.8) is 0 Å². The van der Waals surface area contributed by atoms with Crippen molar-refractivity contribution in [1.29, 1.82) is 0 Å². The van der Waals surface area contributed by atoms with Crippen LogP contribution < -0.4 is 10.7 Å². The van der Waals surface area contributed by atoms with Gasteiger partial charge in [-0.1, -0.05) is 29.8 Å². The molecule has 0 aliphatic rings. The second-order valence-electron chi connectivity index (χ2n) is 6.02. The van der Waals surface area contributed by atoms with Crippen molar-refractivity contribution in [2.45, 2.75) is 26.4 Å². The highest BCUT2D eigenvalue weighted by atomic mass is 35.5. The van der Waals surface area contributed by atoms with Crippen LogP contribution in [0.25, 0.3) is 0 Å². The lowest BCUT2D eigenvalue weighted by atomic mass is 10.1. The van der Waals surface area contributed by atoms with Crippen LogP contribution in [0.2, 0.25) is 5.02 Å². The number of rotatable bonds is 5. The lowest BCUT2D eigenvalue weighted by Crippen LogP contribution is -2.22. The topological polar surface area (TPSA) is 70.6 Å². The van der Waals surface area contributed by atoms with Crippen molar-refractivity contribution < 1.29 is 22.8 Å². The first-order valence-corrected chi connectivity index (χ1v) is 8.51. The molecule has 0 heterocycles. The summed E-state index contributed by atoms with van der Waals surface area (Å²) in [6, 6.07) is 10.0. The van der Waals surface area contributed by atoms with Crippen molar-refractivity contribution >= 4 is 34.8 Å². The van der Waals surface area contributed by atoms with Crippen LogP contribution in [0.15, 0.2) is 47.6 Å². The second-order valence-corrected chi connectivity index (χ2v) is 6.43. The Bertz CT molecular complexity index is 927. The van der Waals surface area contributed by atoms with Gasteiger partial charge in [-0.25, -0.2) is 5.43 Å². The molecular formula is C19H17ClF3N3O2. The number of nitrogens with zero attached hydrogens (tertiary/aromatic N) is 1. The molecule has 2 N–H and O–H groups in total. The molecule has 0 aromatic heterocycles. The number of hydrazone groups is 1. The van der Waals surface area contributed by atoms with E-state index in [2.05, 4.69) is 15.8 Å². The Kier molecular flexibility index (Phi) is 6.80. The molecule has 0 fully saturated rings. The lowest BCUT2D eigenvalue weighted by Gasteiger charge is -2.12. The van der Waals surface area contributed by atoms with Crippen LogP contribution in [0.4, 0.5) is 18.9 Å². The Morgan fingerprint density at radius 1 is 1.14 bits per heavy atom. The van der Waals surface area contributed by atoms with E-state index in [9.17, 15) is 22.8 Å². The third-order valence-electron chi connectivity index (χ3n) is 3.71. The zero-order valence-electron chi connectivity index (χ0n) is 15.0. The largest absolute Gasteiger partial charge is 0.417 e. The molecule has 0 bridgehead atoms. The summed E-state index contributed by atoms with van der Waals surface area (Å²) in [5.41, 5.74) is 2.77. The number of hydrogen-bond donors (Lipinski definition) is 2. The molecule has 0 aliphatic carbocycles. The summed E-state index contributed by atoms with van der Waals surface area (Å²) in [5, 5.41) is 5.74. The Morgan fingerprint density at radius 3 is 2.46 bits per heavy atom. The molecule has 2 amide bonds. The predicted molar refractivity (Wildman–Crippen MR) is 101 cm³/mol. The van der Waals surface area contributed by atoms with Crippen LogP contribution in [-0.2, 0) is 11.0 Å². The van der Waals surface area contributed by atoms with Crippen molar-refractivity contribution in [1.82, 2.24) is 5.43 Å². The minimum Gasteiger partial charge on any atom is -0.326 e. The van der Waals surface area contributed by atoms with E-state index in [-0.39, 0.29) is 17.8 Å². The predicted octanol–water partition coefficient (Wildman–Crippen LogP) is 4.80. The third kappa shape index (κ3) is 5.82. The Balaban J connectivity index is 1.98. The van der Waals surface area contributed by atoms with Gasteiger partial charge in [-0.15, -0.1) is 0 Å². The number of halogens is 4. The van der Waals surface area contributed by atoms with Crippen LogP contribution in [0, 0.1) is 6.92 Å². The molecular weight excluding hydrogens is 395 g/mol. The molecule has 5 nitrogen and oxygen atoms in total. The highest BCUT2D eigenvalue weighted by Crippen LogP contribution is 2.36. The molecule has 0 radical (unpaired) electrons. The summed E-state index contributed by atoms with van der Waals surface area (Å²) in [5.74, 6) is -1.01. The van der Waals surface area contributed by atoms with E-state index in [1.165, 1.54) is 13.0 Å². The molecule has 2 aromatic rings. The van der Waals surface area contributed by atoms with E-state index in [1.54, 1.807) is 31.2 Å². The van der Waals surface area contributed by atoms with Crippen LogP contribution in [0.3, 0.4) is 0 Å². The highest BCUT2D eigenvalue weighted by Gasteiger charge is 2.33. The number of amides is 2. The van der Waals surface area contributed by atoms with Gasteiger partial charge in [0, 0.05) is 17.0 Å². The van der Waals surface area contributed by atoms with E-state index in [1.807, 2.05) is 0 Å². The van der Waals surface area contributed by atoms with Gasteiger partial charge in [-0.3, -0.25) is 9.59 Å². The van der Waals surface area contributed by atoms with Crippen LogP contribution in [0.5, 0.6) is 0 Å². The molecule has 0 saturated heterocycles. The fraction of sp³-hybridized carbons (Fsp3) is 0.211. The van der Waals surface area contributed by atoms with Gasteiger partial charge in [-0.05, 0) is 43.7 Å². The van der Waals surface area contributed by atoms with Gasteiger partial charge in [0.05, 0.1) is 17.0 Å². The number of nitrogens with one attached hydrogen (secondary N) is 2. The van der Waals surface area contributed by atoms with Crippen molar-refractivity contribution in [2.24, 2.45) is 5.10 Å². The van der Waals surface area contributed by atoms with E-state index in [0.717, 1.165) is 17.7 Å². The molecule has 2 aromatic carbocycles. The fourth-order valence-corrected chi connectivity index (χ4v) is 2.56. The van der Waals surface area contributed by atoms with E-state index in [0.29, 0.717) is 5.56 Å². The molecule has 0 spiro atoms. The van der Waals surface area contributed by atoms with Crippen LogP contribution in [0.1, 0.15) is 34.8 Å². The first-order valence-electron chi connectivity index (χ1n) is 8.13. The quantitative estimate of drug-likeness (QED) is 0.548. The number of alkyl halides is 3. The SMILES string of the molecule is C/C(CC(=O)Nc1ccc(Cl)c(C(F)(F)F)c1)=N/NC(=O)c1ccccc1C. The molecule has 0 aliphatic heterocycles. The maximum Gasteiger partial charge on any atom is 0.417 e. The van der Waals surface area contributed by atoms with E-state index < -0.39 is 28.6 Å². The first-order chi connectivity index (χ1) is 13.1. The maximum atomic E-state index is 12.9. The standard InChI is InChI=1S/C19H17ClF3N3O2/c1-11-5-3-4-6-14(11)18(28)26-25-12(2)9-17(27)24-13-7-8-16(20)15(10-13)19(21,22)23/h3-8,10H,9H2,1-2H3,(H,24,27)(H,26,28)/b25-12-. The first kappa shape index (κ1) is 21.4. The number of carbonyl (C=O) groups is 2. The molecule has 9 heteroatoms. The monoisotopic (exact) mass is 411 g/mol. The Morgan fingerprint density at radius 2 is 1.82 bits per heavy atom. The molecule has 0 unspecified atom stereocenters. The number of benzene rings is 2. The van der Waals surface area contributed by atoms with Crippen molar-refractivity contribution in [3.05, 3.63) is 64.2 Å². The zero-order valence-corrected chi connectivity index (χ0v) is 15.8. The summed E-state index contributed by atoms with van der Waals surface area (Å²) in [4.78, 5) is 24.1. The van der Waals surface area contributed by atoms with Gasteiger partial charge in [0.15, 0.2) is 0 Å². The van der Waals surface area contributed by atoms with Gasteiger partial charge in [-0.2, -0.15) is 18.3 Å². The summed E-state index contributed by atoms with van der Waals surface area (Å²) < 4.78 is 38.6. The third-order valence-corrected chi connectivity index (χ3v) is 4.04. The zero-order chi connectivity index (χ0) is 20.9. The minimum atomic E-state index is -4.63. The van der Waals surface area contributed by atoms with E-state index >= 15 is 0 Å². The maximum absolute atomic E-state index is 12.9. The van der Waals surface area contributed by atoms with Crippen LogP contribution in [-0.4, -0.2) is 17.5 Å². The van der Waals surface area contributed by atoms with Crippen LogP contribution >= 0.6 is 11.6 Å². The number of carbonyl (C=O) groups excluding carboxylic acids is 2. The molecule has 0 atom stereocenters. The molecule has 28 heavy (non-hydrogen) atoms. The summed E-state index contributed by atoms with van der Waals surface area (Å²) in [7, 11) is 0. The smallest absolute Gasteiger partial charge is 0.326 e. The molecule has 0 saturated carbocycles. The normalized spacial score (nSPS) is 11.9. The highest BCUT2D eigenvalue weighted by molar-refractivity contribution is 6.31. The lowest BCUT2D eigenvalue weighted by molar-refractivity contribution is -0.137. The van der Waals surface area contributed by atoms with Crippen molar-refractivity contribution in [3.8, 4) is 0 Å². The molecule has 148 valence electrons. The van der Waals surface area contributed by atoms with E-state index in [4.69, 9.17) is 11.6 Å². The van der Waals surface area contributed by atoms with Gasteiger partial charge >= 0.3 is 6.18 Å². The number of aryl methyl sites for hydroxylation is 1. The number of anilines is 1.